The molecule has 0 spiro atoms. The van der Waals surface area contributed by atoms with Gasteiger partial charge in [-0.2, -0.15) is 0 Å². The molecule has 0 unspecified atom stereocenters. The number of aromatic nitrogens is 2. The maximum absolute atomic E-state index is 4.21. The Morgan fingerprint density at radius 3 is 2.61 bits per heavy atom. The van der Waals surface area contributed by atoms with E-state index in [4.69, 9.17) is 0 Å². The van der Waals surface area contributed by atoms with Crippen LogP contribution >= 0.6 is 11.3 Å². The van der Waals surface area contributed by atoms with Crippen LogP contribution in [0.15, 0.2) is 24.5 Å². The molecular weight excluding hydrogens is 244 g/mol. The molecule has 0 fully saturated rings. The molecule has 4 nitrogen and oxygen atoms in total. The quantitative estimate of drug-likeness (QED) is 0.839. The van der Waals surface area contributed by atoms with E-state index in [2.05, 4.69) is 46.6 Å². The maximum Gasteiger partial charge on any atom is 0.131 e. The Labute approximate surface area is 111 Å². The number of hydrogen-bond donors (Lipinski definition) is 2. The van der Waals surface area contributed by atoms with Crippen molar-refractivity contribution in [2.75, 3.05) is 17.2 Å². The molecule has 2 aromatic rings. The predicted octanol–water partition coefficient (Wildman–Crippen LogP) is 3.28. The van der Waals surface area contributed by atoms with Crippen molar-refractivity contribution in [3.63, 3.8) is 0 Å². The summed E-state index contributed by atoms with van der Waals surface area (Å²) in [5.41, 5.74) is 0. The number of thiophene rings is 1. The third-order valence-corrected chi connectivity index (χ3v) is 3.46. The minimum atomic E-state index is 0.808. The number of anilines is 2. The summed E-state index contributed by atoms with van der Waals surface area (Å²) >= 11 is 1.80. The Morgan fingerprint density at radius 1 is 1.17 bits per heavy atom. The highest BCUT2D eigenvalue weighted by molar-refractivity contribution is 7.11. The number of nitrogens with zero attached hydrogens (tertiary/aromatic N) is 2. The lowest BCUT2D eigenvalue weighted by atomic mass is 10.4. The van der Waals surface area contributed by atoms with Crippen LogP contribution in [0.4, 0.5) is 11.6 Å². The predicted molar refractivity (Wildman–Crippen MR) is 77.2 cm³/mol. The van der Waals surface area contributed by atoms with Crippen LogP contribution in [0, 0.1) is 6.92 Å². The van der Waals surface area contributed by atoms with Crippen molar-refractivity contribution < 1.29 is 0 Å². The molecule has 5 heteroatoms. The van der Waals surface area contributed by atoms with E-state index < -0.39 is 0 Å². The Kier molecular flexibility index (Phi) is 4.52. The van der Waals surface area contributed by atoms with Crippen molar-refractivity contribution >= 4 is 23.0 Å². The van der Waals surface area contributed by atoms with Crippen molar-refractivity contribution in [1.29, 1.82) is 0 Å². The standard InChI is InChI=1S/C13H18N4S/c1-3-6-14-12-7-13(17-9-16-12)15-8-11-5-4-10(2)18-11/h4-5,7,9H,3,6,8H2,1-2H3,(H2,14,15,16,17). The van der Waals surface area contributed by atoms with Gasteiger partial charge in [-0.1, -0.05) is 6.92 Å². The van der Waals surface area contributed by atoms with Gasteiger partial charge in [0.25, 0.3) is 0 Å². The summed E-state index contributed by atoms with van der Waals surface area (Å²) < 4.78 is 0. The summed E-state index contributed by atoms with van der Waals surface area (Å²) in [6.07, 6.45) is 2.67. The van der Waals surface area contributed by atoms with Crippen molar-refractivity contribution in [1.82, 2.24) is 9.97 Å². The molecule has 0 aromatic carbocycles. The monoisotopic (exact) mass is 262 g/mol. The summed E-state index contributed by atoms with van der Waals surface area (Å²) in [5.74, 6) is 1.73. The second-order valence-corrected chi connectivity index (χ2v) is 5.45. The minimum absolute atomic E-state index is 0.808. The van der Waals surface area contributed by atoms with Crippen LogP contribution in [0.2, 0.25) is 0 Å². The van der Waals surface area contributed by atoms with Crippen molar-refractivity contribution in [2.24, 2.45) is 0 Å². The van der Waals surface area contributed by atoms with E-state index in [1.54, 1.807) is 17.7 Å². The highest BCUT2D eigenvalue weighted by Crippen LogP contribution is 2.17. The zero-order valence-corrected chi connectivity index (χ0v) is 11.5. The van der Waals surface area contributed by atoms with E-state index >= 15 is 0 Å². The van der Waals surface area contributed by atoms with Gasteiger partial charge < -0.3 is 10.6 Å². The lowest BCUT2D eigenvalue weighted by Crippen LogP contribution is -2.05. The number of aryl methyl sites for hydroxylation is 1. The van der Waals surface area contributed by atoms with E-state index in [0.29, 0.717) is 0 Å². The number of nitrogens with one attached hydrogen (secondary N) is 2. The third-order valence-electron chi connectivity index (χ3n) is 2.46. The van der Waals surface area contributed by atoms with Gasteiger partial charge in [0.15, 0.2) is 0 Å². The van der Waals surface area contributed by atoms with Gasteiger partial charge in [0.1, 0.15) is 18.0 Å². The molecule has 2 aromatic heterocycles. The fourth-order valence-corrected chi connectivity index (χ4v) is 2.39. The fraction of sp³-hybridized carbons (Fsp3) is 0.385. The molecule has 0 saturated carbocycles. The van der Waals surface area contributed by atoms with Gasteiger partial charge in [-0.25, -0.2) is 9.97 Å². The van der Waals surface area contributed by atoms with Crippen LogP contribution < -0.4 is 10.6 Å². The Morgan fingerprint density at radius 2 is 1.94 bits per heavy atom. The van der Waals surface area contributed by atoms with E-state index in [1.165, 1.54) is 9.75 Å². The van der Waals surface area contributed by atoms with Gasteiger partial charge in [-0.15, -0.1) is 11.3 Å². The lowest BCUT2D eigenvalue weighted by molar-refractivity contribution is 0.963. The maximum atomic E-state index is 4.21. The van der Waals surface area contributed by atoms with Crippen LogP contribution in [0.1, 0.15) is 23.1 Å². The summed E-state index contributed by atoms with van der Waals surface area (Å²) in [7, 11) is 0. The minimum Gasteiger partial charge on any atom is -0.370 e. The molecule has 0 aliphatic heterocycles. The molecule has 0 radical (unpaired) electrons. The third kappa shape index (κ3) is 3.70. The molecule has 2 heterocycles. The molecule has 0 bridgehead atoms. The van der Waals surface area contributed by atoms with Crippen molar-refractivity contribution in [3.8, 4) is 0 Å². The second kappa shape index (κ2) is 6.35. The summed E-state index contributed by atoms with van der Waals surface area (Å²) in [6, 6.07) is 6.22. The molecule has 2 rings (SSSR count). The van der Waals surface area contributed by atoms with Crippen LogP contribution in [-0.2, 0) is 6.54 Å². The van der Waals surface area contributed by atoms with Gasteiger partial charge >= 0.3 is 0 Å². The second-order valence-electron chi connectivity index (χ2n) is 4.08. The van der Waals surface area contributed by atoms with Crippen molar-refractivity contribution in [2.45, 2.75) is 26.8 Å². The smallest absolute Gasteiger partial charge is 0.131 e. The van der Waals surface area contributed by atoms with Crippen molar-refractivity contribution in [3.05, 3.63) is 34.3 Å². The summed E-state index contributed by atoms with van der Waals surface area (Å²) in [4.78, 5) is 11.0. The average molecular weight is 262 g/mol. The fourth-order valence-electron chi connectivity index (χ4n) is 1.56. The molecule has 18 heavy (non-hydrogen) atoms. The zero-order chi connectivity index (χ0) is 12.8. The highest BCUT2D eigenvalue weighted by Gasteiger charge is 2.00. The summed E-state index contributed by atoms with van der Waals surface area (Å²) in [6.45, 7) is 5.99. The van der Waals surface area contributed by atoms with Crippen LogP contribution in [0.25, 0.3) is 0 Å². The molecule has 0 aliphatic carbocycles. The first-order chi connectivity index (χ1) is 8.78. The average Bonchev–Trinajstić information content (AvgIpc) is 2.80. The van der Waals surface area contributed by atoms with Crippen LogP contribution in [0.3, 0.4) is 0 Å². The normalized spacial score (nSPS) is 10.3. The van der Waals surface area contributed by atoms with Gasteiger partial charge in [-0.05, 0) is 25.5 Å². The van der Waals surface area contributed by atoms with Gasteiger partial charge in [-0.3, -0.25) is 0 Å². The Bertz CT molecular complexity index is 495. The molecule has 0 amide bonds. The Balaban J connectivity index is 1.92. The molecule has 96 valence electrons. The first kappa shape index (κ1) is 12.8. The van der Waals surface area contributed by atoms with E-state index in [0.717, 1.165) is 31.1 Å². The van der Waals surface area contributed by atoms with Crippen LogP contribution in [0.5, 0.6) is 0 Å². The van der Waals surface area contributed by atoms with E-state index in [-0.39, 0.29) is 0 Å². The Hall–Kier alpha value is -1.62. The topological polar surface area (TPSA) is 49.8 Å². The van der Waals surface area contributed by atoms with E-state index in [1.807, 2.05) is 6.07 Å². The van der Waals surface area contributed by atoms with Crippen LogP contribution in [-0.4, -0.2) is 16.5 Å². The molecule has 0 saturated heterocycles. The van der Waals surface area contributed by atoms with Gasteiger partial charge in [0.05, 0.1) is 6.54 Å². The zero-order valence-electron chi connectivity index (χ0n) is 10.7. The SMILES string of the molecule is CCCNc1cc(NCc2ccc(C)s2)ncn1. The molecule has 0 aliphatic rings. The first-order valence-corrected chi connectivity index (χ1v) is 6.94. The molecular formula is C13H18N4S. The summed E-state index contributed by atoms with van der Waals surface area (Å²) in [5, 5.41) is 6.56. The largest absolute Gasteiger partial charge is 0.370 e. The molecule has 0 atom stereocenters. The number of rotatable bonds is 6. The number of hydrogen-bond acceptors (Lipinski definition) is 5. The first-order valence-electron chi connectivity index (χ1n) is 6.13. The van der Waals surface area contributed by atoms with Gasteiger partial charge in [0, 0.05) is 22.4 Å². The highest BCUT2D eigenvalue weighted by atomic mass is 32.1. The van der Waals surface area contributed by atoms with Gasteiger partial charge in [0.2, 0.25) is 0 Å². The lowest BCUT2D eigenvalue weighted by Gasteiger charge is -2.07. The van der Waals surface area contributed by atoms with E-state index in [9.17, 15) is 0 Å². The molecule has 2 N–H and O–H groups in total.